The smallest absolute Gasteiger partial charge is 0.321 e. The van der Waals surface area contributed by atoms with Gasteiger partial charge in [0, 0.05) is 16.8 Å². The number of rotatable bonds is 4. The first-order valence-electron chi connectivity index (χ1n) is 8.07. The Morgan fingerprint density at radius 1 is 1.14 bits per heavy atom. The molecule has 140 valence electrons. The summed E-state index contributed by atoms with van der Waals surface area (Å²) in [5, 5.41) is 18.4. The number of nitrogens with zero attached hydrogens (tertiary/aromatic N) is 2. The Balaban J connectivity index is 1.86. The third-order valence-electron chi connectivity index (χ3n) is 3.84. The van der Waals surface area contributed by atoms with Gasteiger partial charge in [0.1, 0.15) is 11.6 Å². The van der Waals surface area contributed by atoms with E-state index in [9.17, 15) is 23.2 Å². The third-order valence-corrected chi connectivity index (χ3v) is 3.84. The summed E-state index contributed by atoms with van der Waals surface area (Å²) in [4.78, 5) is 12.4. The van der Waals surface area contributed by atoms with Gasteiger partial charge in [-0.15, -0.1) is 0 Å². The summed E-state index contributed by atoms with van der Waals surface area (Å²) in [7, 11) is 0. The maximum absolute atomic E-state index is 12.8. The van der Waals surface area contributed by atoms with Crippen LogP contribution in [0.1, 0.15) is 11.1 Å². The van der Waals surface area contributed by atoms with Gasteiger partial charge in [0.25, 0.3) is 5.91 Å². The van der Waals surface area contributed by atoms with Gasteiger partial charge in [-0.2, -0.15) is 23.5 Å². The molecule has 0 saturated heterocycles. The van der Waals surface area contributed by atoms with E-state index in [-0.39, 0.29) is 11.3 Å². The maximum Gasteiger partial charge on any atom is 0.416 e. The van der Waals surface area contributed by atoms with Crippen molar-refractivity contribution in [3.63, 3.8) is 0 Å². The average molecular weight is 382 g/mol. The number of anilines is 1. The van der Waals surface area contributed by atoms with E-state index in [4.69, 9.17) is 0 Å². The molecule has 0 unspecified atom stereocenters. The molecule has 2 aromatic carbocycles. The largest absolute Gasteiger partial charge is 0.416 e. The summed E-state index contributed by atoms with van der Waals surface area (Å²) in [6.45, 7) is 0. The number of hydrogen-bond donors (Lipinski definition) is 2. The fourth-order valence-corrected chi connectivity index (χ4v) is 2.52. The van der Waals surface area contributed by atoms with Crippen LogP contribution in [0.5, 0.6) is 0 Å². The summed E-state index contributed by atoms with van der Waals surface area (Å²) in [6.07, 6.45) is -1.75. The highest BCUT2D eigenvalue weighted by Gasteiger charge is 2.30. The molecule has 8 heteroatoms. The van der Waals surface area contributed by atoms with Crippen LogP contribution in [0.3, 0.4) is 0 Å². The van der Waals surface area contributed by atoms with E-state index in [0.29, 0.717) is 11.3 Å². The Labute approximate surface area is 158 Å². The molecule has 0 atom stereocenters. The van der Waals surface area contributed by atoms with Gasteiger partial charge in [0.2, 0.25) is 0 Å². The first-order chi connectivity index (χ1) is 13.4. The highest BCUT2D eigenvalue weighted by molar-refractivity contribution is 6.10. The molecule has 0 aliphatic carbocycles. The van der Waals surface area contributed by atoms with E-state index < -0.39 is 17.6 Å². The van der Waals surface area contributed by atoms with Gasteiger partial charge in [-0.1, -0.05) is 36.4 Å². The summed E-state index contributed by atoms with van der Waals surface area (Å²) in [5.41, 5.74) is 0.699. The lowest BCUT2D eigenvalue weighted by atomic mass is 10.1. The highest BCUT2D eigenvalue weighted by Crippen LogP contribution is 2.31. The standard InChI is InChI=1S/C20H13F3N4O/c21-20(22,23)16-7-4-8-17(10-16)26-19(28)14(11-24)9-15-12-25-27-18(15)13-5-2-1-3-6-13/h1-10,12H,(H,25,27)(H,26,28)/b14-9-. The van der Waals surface area contributed by atoms with Crippen LogP contribution >= 0.6 is 0 Å². The number of H-pyrrole nitrogens is 1. The molecule has 28 heavy (non-hydrogen) atoms. The number of aromatic amines is 1. The van der Waals surface area contributed by atoms with E-state index >= 15 is 0 Å². The average Bonchev–Trinajstić information content (AvgIpc) is 3.14. The normalized spacial score (nSPS) is 11.7. The summed E-state index contributed by atoms with van der Waals surface area (Å²) in [6, 6.07) is 15.1. The fraction of sp³-hybridized carbons (Fsp3) is 0.0500. The second-order valence-corrected chi connectivity index (χ2v) is 5.77. The molecule has 1 heterocycles. The first kappa shape index (κ1) is 18.9. The zero-order valence-corrected chi connectivity index (χ0v) is 14.3. The zero-order chi connectivity index (χ0) is 20.1. The van der Waals surface area contributed by atoms with E-state index in [0.717, 1.165) is 17.7 Å². The van der Waals surface area contributed by atoms with Crippen molar-refractivity contribution >= 4 is 17.7 Å². The van der Waals surface area contributed by atoms with Crippen molar-refractivity contribution in [3.8, 4) is 17.3 Å². The van der Waals surface area contributed by atoms with Crippen LogP contribution in [0.15, 0.2) is 66.4 Å². The predicted octanol–water partition coefficient (Wildman–Crippen LogP) is 4.64. The van der Waals surface area contributed by atoms with Crippen LogP contribution in [0.2, 0.25) is 0 Å². The molecule has 0 spiro atoms. The number of hydrogen-bond acceptors (Lipinski definition) is 3. The van der Waals surface area contributed by atoms with Gasteiger partial charge in [-0.25, -0.2) is 0 Å². The number of halogens is 3. The number of carbonyl (C=O) groups excluding carboxylic acids is 1. The van der Waals surface area contributed by atoms with Crippen molar-refractivity contribution in [3.05, 3.63) is 77.5 Å². The van der Waals surface area contributed by atoms with Gasteiger partial charge in [0.15, 0.2) is 0 Å². The quantitative estimate of drug-likeness (QED) is 0.509. The van der Waals surface area contributed by atoms with E-state index in [1.54, 1.807) is 6.07 Å². The summed E-state index contributed by atoms with van der Waals surface area (Å²) in [5.74, 6) is -0.818. The van der Waals surface area contributed by atoms with Crippen molar-refractivity contribution in [2.75, 3.05) is 5.32 Å². The number of amides is 1. The minimum Gasteiger partial charge on any atom is -0.321 e. The predicted molar refractivity (Wildman–Crippen MR) is 97.7 cm³/mol. The lowest BCUT2D eigenvalue weighted by molar-refractivity contribution is -0.137. The number of nitrogens with one attached hydrogen (secondary N) is 2. The lowest BCUT2D eigenvalue weighted by Crippen LogP contribution is -2.14. The molecule has 5 nitrogen and oxygen atoms in total. The van der Waals surface area contributed by atoms with Gasteiger partial charge >= 0.3 is 6.18 Å². The molecule has 3 rings (SSSR count). The van der Waals surface area contributed by atoms with Gasteiger partial charge in [-0.05, 0) is 24.3 Å². The molecule has 0 aliphatic rings. The molecule has 0 aliphatic heterocycles. The Bertz CT molecular complexity index is 1060. The minimum absolute atomic E-state index is 0.0588. The van der Waals surface area contributed by atoms with E-state index in [1.807, 2.05) is 30.3 Å². The molecule has 0 fully saturated rings. The zero-order valence-electron chi connectivity index (χ0n) is 14.3. The van der Waals surface area contributed by atoms with Gasteiger partial charge in [-0.3, -0.25) is 9.89 Å². The number of nitriles is 1. The van der Waals surface area contributed by atoms with Gasteiger partial charge < -0.3 is 5.32 Å². The molecule has 1 aromatic heterocycles. The second kappa shape index (κ2) is 7.80. The van der Waals surface area contributed by atoms with Crippen molar-refractivity contribution in [1.82, 2.24) is 10.2 Å². The van der Waals surface area contributed by atoms with Crippen molar-refractivity contribution < 1.29 is 18.0 Å². The van der Waals surface area contributed by atoms with E-state index in [1.165, 1.54) is 24.4 Å². The van der Waals surface area contributed by atoms with Crippen molar-refractivity contribution in [2.45, 2.75) is 6.18 Å². The number of alkyl halides is 3. The van der Waals surface area contributed by atoms with Crippen LogP contribution in [0.4, 0.5) is 18.9 Å². The maximum atomic E-state index is 12.8. The number of carbonyl (C=O) groups is 1. The molecular weight excluding hydrogens is 369 g/mol. The van der Waals surface area contributed by atoms with Crippen LogP contribution in [-0.4, -0.2) is 16.1 Å². The topological polar surface area (TPSA) is 81.6 Å². The summed E-state index contributed by atoms with van der Waals surface area (Å²) < 4.78 is 38.4. The Morgan fingerprint density at radius 2 is 1.89 bits per heavy atom. The summed E-state index contributed by atoms with van der Waals surface area (Å²) >= 11 is 0. The highest BCUT2D eigenvalue weighted by atomic mass is 19.4. The van der Waals surface area contributed by atoms with Crippen LogP contribution in [-0.2, 0) is 11.0 Å². The van der Waals surface area contributed by atoms with Crippen LogP contribution in [0.25, 0.3) is 17.3 Å². The second-order valence-electron chi connectivity index (χ2n) is 5.77. The third kappa shape index (κ3) is 4.27. The van der Waals surface area contributed by atoms with Gasteiger partial charge in [0.05, 0.1) is 17.5 Å². The molecule has 3 aromatic rings. The van der Waals surface area contributed by atoms with E-state index in [2.05, 4.69) is 15.5 Å². The molecule has 2 N–H and O–H groups in total. The number of benzene rings is 2. The fourth-order valence-electron chi connectivity index (χ4n) is 2.52. The van der Waals surface area contributed by atoms with Crippen molar-refractivity contribution in [1.29, 1.82) is 5.26 Å². The molecule has 1 amide bonds. The Hall–Kier alpha value is -3.86. The first-order valence-corrected chi connectivity index (χ1v) is 8.07. The molecule has 0 radical (unpaired) electrons. The monoisotopic (exact) mass is 382 g/mol. The van der Waals surface area contributed by atoms with Crippen LogP contribution < -0.4 is 5.32 Å². The Morgan fingerprint density at radius 3 is 2.57 bits per heavy atom. The lowest BCUT2D eigenvalue weighted by Gasteiger charge is -2.09. The molecule has 0 bridgehead atoms. The van der Waals surface area contributed by atoms with Crippen LogP contribution in [0, 0.1) is 11.3 Å². The molecule has 0 saturated carbocycles. The SMILES string of the molecule is N#C/C(=C/c1cn[nH]c1-c1ccccc1)C(=O)Nc1cccc(C(F)(F)F)c1. The number of aromatic nitrogens is 2. The molecular formula is C20H13F3N4O. The minimum atomic E-state index is -4.53. The van der Waals surface area contributed by atoms with Crippen molar-refractivity contribution in [2.24, 2.45) is 0 Å². The Kier molecular flexibility index (Phi) is 5.27.